The van der Waals surface area contributed by atoms with Crippen LogP contribution >= 0.6 is 0 Å². The molecular weight excluding hydrogens is 335 g/mol. The van der Waals surface area contributed by atoms with Crippen LogP contribution in [0.15, 0.2) is 41.5 Å². The SMILES string of the molecule is Cc1c[nH]c(=O)cc1-c1cc(N)c2cnc(NC(=O)[C@@H]3C[C@@H]3F)cc2c1. The molecule has 2 atom stereocenters. The van der Waals surface area contributed by atoms with Crippen molar-refractivity contribution in [3.8, 4) is 11.1 Å². The molecule has 0 saturated heterocycles. The van der Waals surface area contributed by atoms with E-state index in [2.05, 4.69) is 15.3 Å². The molecule has 6 nitrogen and oxygen atoms in total. The molecule has 4 rings (SSSR count). The number of fused-ring (bicyclic) bond motifs is 1. The number of alkyl halides is 1. The van der Waals surface area contributed by atoms with Crippen LogP contribution in [0.1, 0.15) is 12.0 Å². The van der Waals surface area contributed by atoms with E-state index < -0.39 is 12.1 Å². The number of nitrogens with two attached hydrogens (primary N) is 1. The highest BCUT2D eigenvalue weighted by Gasteiger charge is 2.43. The third kappa shape index (κ3) is 2.92. The van der Waals surface area contributed by atoms with E-state index in [4.69, 9.17) is 5.73 Å². The molecule has 3 aromatic rings. The van der Waals surface area contributed by atoms with Crippen LogP contribution in [0.4, 0.5) is 15.9 Å². The molecule has 2 aromatic heterocycles. The van der Waals surface area contributed by atoms with Crippen molar-refractivity contribution in [2.75, 3.05) is 11.1 Å². The molecular formula is C19H17FN4O2. The minimum atomic E-state index is -1.06. The highest BCUT2D eigenvalue weighted by atomic mass is 19.1. The van der Waals surface area contributed by atoms with E-state index in [1.807, 2.05) is 13.0 Å². The zero-order valence-electron chi connectivity index (χ0n) is 14.0. The number of hydrogen-bond donors (Lipinski definition) is 3. The first-order valence-electron chi connectivity index (χ1n) is 8.26. The fraction of sp³-hybridized carbons (Fsp3) is 0.211. The molecule has 1 aromatic carbocycles. The van der Waals surface area contributed by atoms with Gasteiger partial charge < -0.3 is 16.0 Å². The molecule has 1 amide bonds. The average molecular weight is 352 g/mol. The number of aromatic amines is 1. The predicted octanol–water partition coefficient (Wildman–Crippen LogP) is 2.78. The molecule has 1 aliphatic carbocycles. The standard InChI is InChI=1S/C19H17FN4O2/c1-9-7-23-18(25)6-12(9)10-2-11-4-17(22-8-14(11)16(21)3-10)24-19(26)13-5-15(13)20/h2-4,6-8,13,15H,5,21H2,1H3,(H,23,25)(H,22,24,26)/t13-,15+/m1/s1. The maximum Gasteiger partial charge on any atom is 0.248 e. The van der Waals surface area contributed by atoms with Gasteiger partial charge in [-0.1, -0.05) is 0 Å². The summed E-state index contributed by atoms with van der Waals surface area (Å²) in [5, 5.41) is 4.16. The lowest BCUT2D eigenvalue weighted by molar-refractivity contribution is -0.117. The number of anilines is 2. The van der Waals surface area contributed by atoms with E-state index in [1.165, 1.54) is 6.07 Å². The number of aromatic nitrogens is 2. The summed E-state index contributed by atoms with van der Waals surface area (Å²) >= 11 is 0. The van der Waals surface area contributed by atoms with Gasteiger partial charge in [0.05, 0.1) is 5.92 Å². The number of carbonyl (C=O) groups excluding carboxylic acids is 1. The maximum absolute atomic E-state index is 13.0. The Hall–Kier alpha value is -3.22. The van der Waals surface area contributed by atoms with Crippen molar-refractivity contribution >= 4 is 28.2 Å². The summed E-state index contributed by atoms with van der Waals surface area (Å²) in [4.78, 5) is 30.4. The summed E-state index contributed by atoms with van der Waals surface area (Å²) in [5.41, 5.74) is 8.96. The largest absolute Gasteiger partial charge is 0.398 e. The molecule has 1 aliphatic rings. The Morgan fingerprint density at radius 2 is 2.12 bits per heavy atom. The third-order valence-electron chi connectivity index (χ3n) is 4.61. The molecule has 0 bridgehead atoms. The molecule has 1 fully saturated rings. The second-order valence-corrected chi connectivity index (χ2v) is 6.60. The number of rotatable bonds is 3. The Morgan fingerprint density at radius 3 is 2.85 bits per heavy atom. The van der Waals surface area contributed by atoms with Gasteiger partial charge in [0.1, 0.15) is 12.0 Å². The zero-order valence-corrected chi connectivity index (χ0v) is 14.0. The minimum absolute atomic E-state index is 0.197. The van der Waals surface area contributed by atoms with Crippen molar-refractivity contribution < 1.29 is 9.18 Å². The van der Waals surface area contributed by atoms with E-state index in [0.717, 1.165) is 27.5 Å². The molecule has 0 radical (unpaired) electrons. The third-order valence-corrected chi connectivity index (χ3v) is 4.61. The van der Waals surface area contributed by atoms with Crippen LogP contribution in [-0.2, 0) is 4.79 Å². The number of aryl methyl sites for hydroxylation is 1. The van der Waals surface area contributed by atoms with Gasteiger partial charge in [-0.2, -0.15) is 0 Å². The predicted molar refractivity (Wildman–Crippen MR) is 98.6 cm³/mol. The lowest BCUT2D eigenvalue weighted by Gasteiger charge is -2.11. The van der Waals surface area contributed by atoms with Gasteiger partial charge in [-0.25, -0.2) is 9.37 Å². The van der Waals surface area contributed by atoms with E-state index >= 15 is 0 Å². The summed E-state index contributed by atoms with van der Waals surface area (Å²) < 4.78 is 13.0. The van der Waals surface area contributed by atoms with Crippen molar-refractivity contribution in [2.24, 2.45) is 5.92 Å². The fourth-order valence-electron chi connectivity index (χ4n) is 3.02. The van der Waals surface area contributed by atoms with Crippen LogP contribution in [0.2, 0.25) is 0 Å². The molecule has 26 heavy (non-hydrogen) atoms. The summed E-state index contributed by atoms with van der Waals surface area (Å²) in [7, 11) is 0. The number of hydrogen-bond acceptors (Lipinski definition) is 4. The molecule has 0 unspecified atom stereocenters. The van der Waals surface area contributed by atoms with Crippen molar-refractivity contribution in [2.45, 2.75) is 19.5 Å². The topological polar surface area (TPSA) is 101 Å². The second kappa shape index (κ2) is 5.94. The van der Waals surface area contributed by atoms with Gasteiger partial charge in [0.15, 0.2) is 0 Å². The minimum Gasteiger partial charge on any atom is -0.398 e. The quantitative estimate of drug-likeness (QED) is 0.631. The number of nitrogens with one attached hydrogen (secondary N) is 2. The molecule has 0 spiro atoms. The van der Waals surface area contributed by atoms with E-state index in [9.17, 15) is 14.0 Å². The molecule has 132 valence electrons. The van der Waals surface area contributed by atoms with Gasteiger partial charge in [0.2, 0.25) is 11.5 Å². The number of carbonyl (C=O) groups is 1. The van der Waals surface area contributed by atoms with E-state index in [-0.39, 0.29) is 17.9 Å². The van der Waals surface area contributed by atoms with Crippen LogP contribution in [0, 0.1) is 12.8 Å². The van der Waals surface area contributed by atoms with Crippen molar-refractivity contribution in [3.63, 3.8) is 0 Å². The first-order chi connectivity index (χ1) is 12.4. The second-order valence-electron chi connectivity index (χ2n) is 6.60. The molecule has 2 heterocycles. The van der Waals surface area contributed by atoms with Gasteiger partial charge in [-0.3, -0.25) is 9.59 Å². The number of nitrogens with zero attached hydrogens (tertiary/aromatic N) is 1. The van der Waals surface area contributed by atoms with Crippen LogP contribution in [0.5, 0.6) is 0 Å². The molecule has 0 aliphatic heterocycles. The summed E-state index contributed by atoms with van der Waals surface area (Å²) in [6, 6.07) is 6.90. The highest BCUT2D eigenvalue weighted by Crippen LogP contribution is 2.35. The average Bonchev–Trinajstić information content (AvgIpc) is 3.33. The summed E-state index contributed by atoms with van der Waals surface area (Å²) in [6.07, 6.45) is 2.43. The number of pyridine rings is 2. The monoisotopic (exact) mass is 352 g/mol. The number of halogens is 1. The molecule has 4 N–H and O–H groups in total. The van der Waals surface area contributed by atoms with Crippen molar-refractivity contribution in [3.05, 3.63) is 52.6 Å². The Morgan fingerprint density at radius 1 is 1.35 bits per heavy atom. The van der Waals surface area contributed by atoms with Crippen LogP contribution in [0.25, 0.3) is 21.9 Å². The van der Waals surface area contributed by atoms with Gasteiger partial charge in [0.25, 0.3) is 0 Å². The summed E-state index contributed by atoms with van der Waals surface area (Å²) in [5.74, 6) is -0.595. The molecule has 1 saturated carbocycles. The number of nitrogen functional groups attached to an aromatic ring is 1. The summed E-state index contributed by atoms with van der Waals surface area (Å²) in [6.45, 7) is 1.90. The van der Waals surface area contributed by atoms with Crippen LogP contribution in [-0.4, -0.2) is 22.0 Å². The Kier molecular flexibility index (Phi) is 3.72. The number of H-pyrrole nitrogens is 1. The van der Waals surface area contributed by atoms with E-state index in [1.54, 1.807) is 24.5 Å². The van der Waals surface area contributed by atoms with Gasteiger partial charge in [0, 0.05) is 29.5 Å². The number of benzene rings is 1. The Balaban J connectivity index is 1.76. The Labute approximate surface area is 148 Å². The van der Waals surface area contributed by atoms with Crippen LogP contribution < -0.4 is 16.6 Å². The van der Waals surface area contributed by atoms with Crippen LogP contribution in [0.3, 0.4) is 0 Å². The Bertz CT molecular complexity index is 1090. The maximum atomic E-state index is 13.0. The van der Waals surface area contributed by atoms with Crippen molar-refractivity contribution in [1.29, 1.82) is 0 Å². The first kappa shape index (κ1) is 16.3. The fourth-order valence-corrected chi connectivity index (χ4v) is 3.02. The van der Waals surface area contributed by atoms with Gasteiger partial charge >= 0.3 is 0 Å². The smallest absolute Gasteiger partial charge is 0.248 e. The zero-order chi connectivity index (χ0) is 18.4. The van der Waals surface area contributed by atoms with Gasteiger partial charge in [-0.15, -0.1) is 0 Å². The highest BCUT2D eigenvalue weighted by molar-refractivity contribution is 6.00. The lowest BCUT2D eigenvalue weighted by Crippen LogP contribution is -2.15. The normalized spacial score (nSPS) is 18.7. The molecule has 7 heteroatoms. The lowest BCUT2D eigenvalue weighted by atomic mass is 9.98. The van der Waals surface area contributed by atoms with Crippen molar-refractivity contribution in [1.82, 2.24) is 9.97 Å². The van der Waals surface area contributed by atoms with Gasteiger partial charge in [-0.05, 0) is 53.6 Å². The first-order valence-corrected chi connectivity index (χ1v) is 8.26. The van der Waals surface area contributed by atoms with E-state index in [0.29, 0.717) is 11.5 Å². The number of amides is 1.